The SMILES string of the molecule is COC(=O)[C@H]1O[C@H](O[C@H]2[C@H](O[C@@H]3CO[C@@H](Oc4ccc(OC)cc4)[C@H](OC(=O)c4ccccc4)[C@H]3OC(=O)c3ccccc3)OC[C@H]3O[C@](C)(OC)[C@@](C)(OC)O[C@H]23)[C@H](O)[C@@H](O)[C@@H]1OS(C)(=O)=O. The molecular formula is C45H54O22S. The molecule has 0 saturated carbocycles. The molecule has 22 nitrogen and oxygen atoms in total. The van der Waals surface area contributed by atoms with Crippen LogP contribution in [0.4, 0.5) is 0 Å². The molecule has 7 rings (SSSR count). The second kappa shape index (κ2) is 21.4. The van der Waals surface area contributed by atoms with Crippen LogP contribution in [0.3, 0.4) is 0 Å². The summed E-state index contributed by atoms with van der Waals surface area (Å²) in [6.45, 7) is 2.38. The van der Waals surface area contributed by atoms with Crippen molar-refractivity contribution in [3.8, 4) is 11.5 Å². The molecule has 0 unspecified atom stereocenters. The molecule has 23 heteroatoms. The quantitative estimate of drug-likeness (QED) is 0.117. The van der Waals surface area contributed by atoms with E-state index >= 15 is 0 Å². The number of carbonyl (C=O) groups is 3. The van der Waals surface area contributed by atoms with E-state index in [0.717, 1.165) is 7.11 Å². The van der Waals surface area contributed by atoms with E-state index in [1.807, 2.05) is 0 Å². The predicted molar refractivity (Wildman–Crippen MR) is 227 cm³/mol. The fourth-order valence-electron chi connectivity index (χ4n) is 7.92. The second-order valence-electron chi connectivity index (χ2n) is 16.2. The highest BCUT2D eigenvalue weighted by Gasteiger charge is 2.63. The molecule has 3 aromatic rings. The summed E-state index contributed by atoms with van der Waals surface area (Å²) in [5, 5.41) is 22.7. The number of hydrogen-bond donors (Lipinski definition) is 2. The molecule has 372 valence electrons. The van der Waals surface area contributed by atoms with Gasteiger partial charge in [0.05, 0.1) is 44.8 Å². The molecule has 15 atom stereocenters. The fraction of sp³-hybridized carbons (Fsp3) is 0.533. The Morgan fingerprint density at radius 3 is 1.76 bits per heavy atom. The normalized spacial score (nSPS) is 35.0. The summed E-state index contributed by atoms with van der Waals surface area (Å²) in [5.74, 6) is -5.33. The lowest BCUT2D eigenvalue weighted by Crippen LogP contribution is -2.72. The van der Waals surface area contributed by atoms with Crippen LogP contribution in [-0.2, 0) is 75.9 Å². The van der Waals surface area contributed by atoms with Gasteiger partial charge in [-0.25, -0.2) is 14.4 Å². The largest absolute Gasteiger partial charge is 0.497 e. The van der Waals surface area contributed by atoms with Gasteiger partial charge in [0, 0.05) is 14.2 Å². The molecule has 4 fully saturated rings. The van der Waals surface area contributed by atoms with Gasteiger partial charge in [0.1, 0.15) is 54.2 Å². The molecule has 4 aliphatic heterocycles. The second-order valence-corrected chi connectivity index (χ2v) is 17.8. The minimum Gasteiger partial charge on any atom is -0.497 e. The molecule has 4 aliphatic rings. The van der Waals surface area contributed by atoms with Crippen molar-refractivity contribution < 1.29 is 104 Å². The number of rotatable bonds is 16. The maximum absolute atomic E-state index is 14.0. The Morgan fingerprint density at radius 2 is 1.21 bits per heavy atom. The molecule has 4 heterocycles. The first-order chi connectivity index (χ1) is 32.4. The Hall–Kier alpha value is -4.86. The number of aliphatic hydroxyl groups excluding tert-OH is 2. The van der Waals surface area contributed by atoms with Gasteiger partial charge in [0.25, 0.3) is 10.1 Å². The van der Waals surface area contributed by atoms with Crippen molar-refractivity contribution in [2.45, 2.75) is 105 Å². The third-order valence-electron chi connectivity index (χ3n) is 11.8. The van der Waals surface area contributed by atoms with Crippen LogP contribution in [0, 0.1) is 0 Å². The van der Waals surface area contributed by atoms with Crippen molar-refractivity contribution in [3.05, 3.63) is 96.1 Å². The maximum atomic E-state index is 14.0. The first-order valence-corrected chi connectivity index (χ1v) is 23.0. The Labute approximate surface area is 391 Å². The van der Waals surface area contributed by atoms with Crippen LogP contribution in [0.2, 0.25) is 0 Å². The van der Waals surface area contributed by atoms with Gasteiger partial charge < -0.3 is 76.5 Å². The molecule has 0 radical (unpaired) electrons. The number of methoxy groups -OCH3 is 4. The molecule has 0 aliphatic carbocycles. The zero-order chi connectivity index (χ0) is 49.0. The number of aliphatic hydroxyl groups is 2. The molecule has 2 N–H and O–H groups in total. The van der Waals surface area contributed by atoms with E-state index in [1.165, 1.54) is 52.5 Å². The van der Waals surface area contributed by atoms with Crippen molar-refractivity contribution in [1.29, 1.82) is 0 Å². The number of ether oxygens (including phenoxy) is 14. The van der Waals surface area contributed by atoms with Crippen molar-refractivity contribution in [2.24, 2.45) is 0 Å². The van der Waals surface area contributed by atoms with Crippen LogP contribution < -0.4 is 9.47 Å². The number of esters is 3. The van der Waals surface area contributed by atoms with E-state index in [2.05, 4.69) is 0 Å². The van der Waals surface area contributed by atoms with Gasteiger partial charge in [0.2, 0.25) is 24.0 Å². The lowest BCUT2D eigenvalue weighted by Gasteiger charge is -2.56. The smallest absolute Gasteiger partial charge is 0.338 e. The number of carbonyl (C=O) groups excluding carboxylic acids is 3. The van der Waals surface area contributed by atoms with Gasteiger partial charge in [-0.1, -0.05) is 36.4 Å². The minimum absolute atomic E-state index is 0.129. The Balaban J connectivity index is 1.27. The molecule has 0 bridgehead atoms. The van der Waals surface area contributed by atoms with E-state index in [0.29, 0.717) is 12.0 Å². The highest BCUT2D eigenvalue weighted by atomic mass is 32.2. The Kier molecular flexibility index (Phi) is 16.1. The molecule has 4 saturated heterocycles. The summed E-state index contributed by atoms with van der Waals surface area (Å²) in [4.78, 5) is 40.9. The monoisotopic (exact) mass is 978 g/mol. The van der Waals surface area contributed by atoms with Crippen molar-refractivity contribution >= 4 is 28.0 Å². The van der Waals surface area contributed by atoms with Gasteiger partial charge in [-0.15, -0.1) is 0 Å². The van der Waals surface area contributed by atoms with E-state index in [1.54, 1.807) is 67.6 Å². The third kappa shape index (κ3) is 11.1. The van der Waals surface area contributed by atoms with Crippen molar-refractivity contribution in [2.75, 3.05) is 47.9 Å². The standard InChI is InChI=1S/C45H54O22S/c1-44(55-5)45(2,56-6)66-33-29(65-44)23-58-43(37(33)64-41-31(47)30(46)34(67-68(7,51)52)35(63-41)40(50)54-4)60-28-22-57-42(59-27-20-18-26(53-3)19-21-27)36(62-39(49)25-16-12-9-13-17-25)32(28)61-38(48)24-14-10-8-11-15-24/h8-21,28-37,41-43,46-47H,22-23H2,1-7H3/t28-,29-,30-,31-,32+,33+,34+,35+,36-,37-,41-,42+,43+,44+,45+/m1/s1. The molecular weight excluding hydrogens is 925 g/mol. The first-order valence-electron chi connectivity index (χ1n) is 21.2. The highest BCUT2D eigenvalue weighted by Crippen LogP contribution is 2.44. The highest BCUT2D eigenvalue weighted by molar-refractivity contribution is 7.86. The van der Waals surface area contributed by atoms with Crippen LogP contribution in [0.5, 0.6) is 11.5 Å². The lowest BCUT2D eigenvalue weighted by atomic mass is 9.96. The van der Waals surface area contributed by atoms with Crippen LogP contribution in [0.25, 0.3) is 0 Å². The zero-order valence-electron chi connectivity index (χ0n) is 38.0. The number of hydrogen-bond acceptors (Lipinski definition) is 22. The molecule has 3 aromatic carbocycles. The summed E-state index contributed by atoms with van der Waals surface area (Å²) in [5.41, 5.74) is 0.271. The summed E-state index contributed by atoms with van der Waals surface area (Å²) < 4.78 is 114. The van der Waals surface area contributed by atoms with Crippen LogP contribution in [-0.4, -0.2) is 176 Å². The molecule has 0 amide bonds. The fourth-order valence-corrected chi connectivity index (χ4v) is 8.54. The zero-order valence-corrected chi connectivity index (χ0v) is 38.8. The van der Waals surface area contributed by atoms with E-state index in [-0.39, 0.29) is 23.5 Å². The average Bonchev–Trinajstić information content (AvgIpc) is 3.34. The van der Waals surface area contributed by atoms with Gasteiger partial charge in [-0.05, 0) is 62.4 Å². The van der Waals surface area contributed by atoms with E-state index in [9.17, 15) is 33.0 Å². The van der Waals surface area contributed by atoms with Crippen LogP contribution in [0.15, 0.2) is 84.9 Å². The first kappa shape index (κ1) is 51.0. The van der Waals surface area contributed by atoms with Crippen LogP contribution in [0.1, 0.15) is 34.6 Å². The lowest BCUT2D eigenvalue weighted by molar-refractivity contribution is -0.480. The van der Waals surface area contributed by atoms with Crippen molar-refractivity contribution in [3.63, 3.8) is 0 Å². The summed E-state index contributed by atoms with van der Waals surface area (Å²) in [6.07, 6.45) is -21.0. The van der Waals surface area contributed by atoms with Gasteiger partial charge in [-0.3, -0.25) is 4.18 Å². The van der Waals surface area contributed by atoms with Crippen LogP contribution >= 0.6 is 0 Å². The van der Waals surface area contributed by atoms with E-state index < -0.39 is 126 Å². The Bertz CT molecular complexity index is 2290. The molecule has 0 spiro atoms. The summed E-state index contributed by atoms with van der Waals surface area (Å²) in [7, 11) is 0.833. The number of benzene rings is 3. The summed E-state index contributed by atoms with van der Waals surface area (Å²) >= 11 is 0. The third-order valence-corrected chi connectivity index (χ3v) is 12.4. The van der Waals surface area contributed by atoms with E-state index in [4.69, 9.17) is 70.5 Å². The molecule has 0 aromatic heterocycles. The molecule has 68 heavy (non-hydrogen) atoms. The summed E-state index contributed by atoms with van der Waals surface area (Å²) in [6, 6.07) is 22.4. The van der Waals surface area contributed by atoms with Crippen molar-refractivity contribution in [1.82, 2.24) is 0 Å². The Morgan fingerprint density at radius 1 is 0.647 bits per heavy atom. The maximum Gasteiger partial charge on any atom is 0.338 e. The average molecular weight is 979 g/mol. The van der Waals surface area contributed by atoms with Gasteiger partial charge in [0.15, 0.2) is 24.8 Å². The topological polar surface area (TPSA) is 264 Å². The minimum atomic E-state index is -4.35. The van der Waals surface area contributed by atoms with Gasteiger partial charge >= 0.3 is 17.9 Å². The predicted octanol–water partition coefficient (Wildman–Crippen LogP) is 1.48. The number of fused-ring (bicyclic) bond motifs is 1. The van der Waals surface area contributed by atoms with Gasteiger partial charge in [-0.2, -0.15) is 8.42 Å².